The van der Waals surface area contributed by atoms with Crippen molar-refractivity contribution in [1.29, 1.82) is 0 Å². The summed E-state index contributed by atoms with van der Waals surface area (Å²) in [6.07, 6.45) is -0.542. The molecule has 2 aliphatic heterocycles. The number of fused-ring (bicyclic) bond motifs is 1. The van der Waals surface area contributed by atoms with Crippen molar-refractivity contribution in [1.82, 2.24) is 10.2 Å². The van der Waals surface area contributed by atoms with E-state index in [-0.39, 0.29) is 5.91 Å². The number of hydrogen-bond acceptors (Lipinski definition) is 4. The summed E-state index contributed by atoms with van der Waals surface area (Å²) in [5, 5.41) is 3.98. The highest BCUT2D eigenvalue weighted by Gasteiger charge is 2.79. The van der Waals surface area contributed by atoms with Crippen LogP contribution in [0.15, 0.2) is 78.9 Å². The van der Waals surface area contributed by atoms with E-state index in [1.807, 2.05) is 65.6 Å². The number of amides is 1. The SMILES string of the molecule is COC(=O)[C@]12[C@@H](c3ccccc3)C(=O)N[C@@H](c3ccccc3)N1[C@@H]2c1c(Cl)cccc1Cl. The van der Waals surface area contributed by atoms with Crippen molar-refractivity contribution < 1.29 is 14.3 Å². The maximum Gasteiger partial charge on any atom is 0.329 e. The number of carbonyl (C=O) groups is 2. The number of ether oxygens (including phenoxy) is 1. The molecule has 5 rings (SSSR count). The molecule has 0 aliphatic carbocycles. The Bertz CT molecular complexity index is 1170. The zero-order chi connectivity index (χ0) is 22.5. The Morgan fingerprint density at radius 2 is 1.47 bits per heavy atom. The molecule has 32 heavy (non-hydrogen) atoms. The van der Waals surface area contributed by atoms with Crippen LogP contribution in [0.1, 0.15) is 34.8 Å². The monoisotopic (exact) mass is 466 g/mol. The molecule has 2 saturated heterocycles. The minimum absolute atomic E-state index is 0.252. The quantitative estimate of drug-likeness (QED) is 0.439. The van der Waals surface area contributed by atoms with Crippen LogP contribution in [0.3, 0.4) is 0 Å². The first-order chi connectivity index (χ1) is 15.5. The maximum absolute atomic E-state index is 13.6. The number of halogens is 2. The number of rotatable bonds is 4. The Labute approximate surface area is 195 Å². The zero-order valence-corrected chi connectivity index (χ0v) is 18.7. The lowest BCUT2D eigenvalue weighted by Gasteiger charge is -2.35. The van der Waals surface area contributed by atoms with Crippen LogP contribution in [-0.4, -0.2) is 29.4 Å². The second-order valence-corrected chi connectivity index (χ2v) is 8.74. The van der Waals surface area contributed by atoms with Gasteiger partial charge in [-0.25, -0.2) is 4.79 Å². The molecule has 0 aromatic heterocycles. The van der Waals surface area contributed by atoms with Crippen molar-refractivity contribution in [2.75, 3.05) is 7.11 Å². The summed E-state index contributed by atoms with van der Waals surface area (Å²) >= 11 is 13.2. The van der Waals surface area contributed by atoms with Gasteiger partial charge in [-0.2, -0.15) is 0 Å². The summed E-state index contributed by atoms with van der Waals surface area (Å²) in [4.78, 5) is 29.0. The van der Waals surface area contributed by atoms with E-state index in [1.54, 1.807) is 18.2 Å². The first-order valence-electron chi connectivity index (χ1n) is 10.2. The standard InChI is InChI=1S/C25H20Cl2N2O3/c1-32-24(31)25-20(15-9-4-2-5-10-15)23(30)28-22(16-11-6-3-7-12-16)29(25)21(25)19-17(26)13-8-14-18(19)27/h2-14,20-22H,1H3,(H,28,30)/t20-,21+,22+,25+,29?/m0/s1. The number of benzene rings is 3. The van der Waals surface area contributed by atoms with E-state index in [0.29, 0.717) is 15.6 Å². The minimum atomic E-state index is -1.28. The van der Waals surface area contributed by atoms with Gasteiger partial charge in [-0.3, -0.25) is 9.69 Å². The second-order valence-electron chi connectivity index (χ2n) is 7.93. The number of carbonyl (C=O) groups excluding carboxylic acids is 2. The van der Waals surface area contributed by atoms with Crippen LogP contribution in [0, 0.1) is 0 Å². The van der Waals surface area contributed by atoms with Crippen molar-refractivity contribution in [3.8, 4) is 0 Å². The molecular formula is C25H20Cl2N2O3. The van der Waals surface area contributed by atoms with Crippen LogP contribution in [-0.2, 0) is 14.3 Å². The number of nitrogens with one attached hydrogen (secondary N) is 1. The normalized spacial score (nSPS) is 28.4. The molecule has 3 aromatic rings. The van der Waals surface area contributed by atoms with Gasteiger partial charge in [0.05, 0.1) is 19.1 Å². The van der Waals surface area contributed by atoms with E-state index in [1.165, 1.54) is 7.11 Å². The number of esters is 1. The van der Waals surface area contributed by atoms with Crippen LogP contribution in [0.25, 0.3) is 0 Å². The second kappa shape index (κ2) is 7.93. The van der Waals surface area contributed by atoms with Gasteiger partial charge < -0.3 is 10.1 Å². The van der Waals surface area contributed by atoms with Gasteiger partial charge in [0.15, 0.2) is 5.54 Å². The number of methoxy groups -OCH3 is 1. The van der Waals surface area contributed by atoms with E-state index in [2.05, 4.69) is 5.32 Å². The molecule has 0 saturated carbocycles. The number of hydrogen-bond donors (Lipinski definition) is 1. The Morgan fingerprint density at radius 1 is 0.906 bits per heavy atom. The van der Waals surface area contributed by atoms with Gasteiger partial charge in [0.2, 0.25) is 5.91 Å². The molecule has 1 N–H and O–H groups in total. The lowest BCUT2D eigenvalue weighted by molar-refractivity contribution is -0.151. The Balaban J connectivity index is 1.76. The van der Waals surface area contributed by atoms with Crippen molar-refractivity contribution in [3.63, 3.8) is 0 Å². The lowest BCUT2D eigenvalue weighted by Crippen LogP contribution is -2.53. The molecule has 2 aliphatic rings. The molecule has 1 unspecified atom stereocenters. The summed E-state index contributed by atoms with van der Waals surface area (Å²) < 4.78 is 5.30. The average molecular weight is 467 g/mol. The minimum Gasteiger partial charge on any atom is -0.468 e. The summed E-state index contributed by atoms with van der Waals surface area (Å²) in [7, 11) is 1.34. The van der Waals surface area contributed by atoms with Gasteiger partial charge in [-0.05, 0) is 23.3 Å². The van der Waals surface area contributed by atoms with E-state index >= 15 is 0 Å². The van der Waals surface area contributed by atoms with Gasteiger partial charge in [0.1, 0.15) is 6.17 Å². The highest BCUT2D eigenvalue weighted by Crippen LogP contribution is 2.67. The van der Waals surface area contributed by atoms with Gasteiger partial charge in [-0.1, -0.05) is 89.9 Å². The van der Waals surface area contributed by atoms with E-state index < -0.39 is 29.6 Å². The fraction of sp³-hybridized carbons (Fsp3) is 0.200. The predicted octanol–water partition coefficient (Wildman–Crippen LogP) is 4.87. The summed E-state index contributed by atoms with van der Waals surface area (Å²) in [5.74, 6) is -1.55. The van der Waals surface area contributed by atoms with Crippen LogP contribution in [0.4, 0.5) is 0 Å². The fourth-order valence-corrected chi connectivity index (χ4v) is 5.65. The molecule has 2 heterocycles. The molecule has 0 spiro atoms. The number of nitrogens with zero attached hydrogens (tertiary/aromatic N) is 1. The van der Waals surface area contributed by atoms with Gasteiger partial charge >= 0.3 is 5.97 Å². The van der Waals surface area contributed by atoms with Crippen molar-refractivity contribution >= 4 is 35.1 Å². The predicted molar refractivity (Wildman–Crippen MR) is 122 cm³/mol. The molecule has 5 atom stereocenters. The zero-order valence-electron chi connectivity index (χ0n) is 17.2. The van der Waals surface area contributed by atoms with Crippen LogP contribution in [0.2, 0.25) is 10.0 Å². The molecule has 0 radical (unpaired) electrons. The van der Waals surface area contributed by atoms with E-state index in [0.717, 1.165) is 11.1 Å². The molecule has 0 bridgehead atoms. The van der Waals surface area contributed by atoms with Gasteiger partial charge in [0.25, 0.3) is 0 Å². The third-order valence-electron chi connectivity index (χ3n) is 6.35. The van der Waals surface area contributed by atoms with E-state index in [4.69, 9.17) is 27.9 Å². The summed E-state index contributed by atoms with van der Waals surface area (Å²) in [5.41, 5.74) is 0.900. The molecule has 1 amide bonds. The third-order valence-corrected chi connectivity index (χ3v) is 7.01. The van der Waals surface area contributed by atoms with E-state index in [9.17, 15) is 9.59 Å². The van der Waals surface area contributed by atoms with Crippen LogP contribution < -0.4 is 5.32 Å². The summed E-state index contributed by atoms with van der Waals surface area (Å²) in [6, 6.07) is 23.5. The third kappa shape index (κ3) is 2.96. The maximum atomic E-state index is 13.6. The smallest absolute Gasteiger partial charge is 0.329 e. The largest absolute Gasteiger partial charge is 0.468 e. The van der Waals surface area contributed by atoms with Crippen molar-refractivity contribution in [2.24, 2.45) is 0 Å². The van der Waals surface area contributed by atoms with Crippen molar-refractivity contribution in [2.45, 2.75) is 23.7 Å². The molecule has 5 nitrogen and oxygen atoms in total. The highest BCUT2D eigenvalue weighted by atomic mass is 35.5. The molecule has 162 valence electrons. The molecule has 7 heteroatoms. The lowest BCUT2D eigenvalue weighted by atomic mass is 9.79. The first-order valence-corrected chi connectivity index (χ1v) is 11.0. The van der Waals surface area contributed by atoms with Crippen LogP contribution in [0.5, 0.6) is 0 Å². The Hall–Kier alpha value is -2.86. The Kier molecular flexibility index (Phi) is 5.20. The van der Waals surface area contributed by atoms with Gasteiger partial charge in [-0.15, -0.1) is 0 Å². The van der Waals surface area contributed by atoms with Gasteiger partial charge in [0, 0.05) is 15.6 Å². The van der Waals surface area contributed by atoms with Crippen LogP contribution >= 0.6 is 23.2 Å². The first kappa shape index (κ1) is 21.0. The highest BCUT2D eigenvalue weighted by molar-refractivity contribution is 6.36. The fourth-order valence-electron chi connectivity index (χ4n) is 5.04. The molecule has 3 aromatic carbocycles. The molecular weight excluding hydrogens is 447 g/mol. The molecule has 2 fully saturated rings. The Morgan fingerprint density at radius 3 is 2.03 bits per heavy atom. The average Bonchev–Trinajstić information content (AvgIpc) is 3.49. The topological polar surface area (TPSA) is 58.4 Å². The summed E-state index contributed by atoms with van der Waals surface area (Å²) in [6.45, 7) is 0. The van der Waals surface area contributed by atoms with Crippen molar-refractivity contribution in [3.05, 3.63) is 106 Å².